The van der Waals surface area contributed by atoms with E-state index < -0.39 is 21.3 Å². The minimum absolute atomic E-state index is 0.0118. The molecule has 0 radical (unpaired) electrons. The summed E-state index contributed by atoms with van der Waals surface area (Å²) in [7, 11) is -3.16. The molecule has 1 aliphatic rings. The van der Waals surface area contributed by atoms with E-state index >= 15 is 0 Å². The van der Waals surface area contributed by atoms with Crippen molar-refractivity contribution in [1.29, 1.82) is 0 Å². The SMILES string of the molecule is O=C(C[NH2+]C(c1ccccc1)c1ccccc1)N[C@H]1CS(=O)(=O)C[C@@H]1Cl. The Morgan fingerprint density at radius 3 is 2.04 bits per heavy atom. The van der Waals surface area contributed by atoms with E-state index in [4.69, 9.17) is 11.6 Å². The van der Waals surface area contributed by atoms with Crippen molar-refractivity contribution < 1.29 is 18.5 Å². The summed E-state index contributed by atoms with van der Waals surface area (Å²) in [5.74, 6) is -0.386. The molecule has 0 unspecified atom stereocenters. The largest absolute Gasteiger partial charge is 0.346 e. The van der Waals surface area contributed by atoms with Gasteiger partial charge in [0.1, 0.15) is 6.04 Å². The molecule has 1 aliphatic heterocycles. The standard InChI is InChI=1S/C19H21ClN2O3S/c20-16-12-26(24,25)13-17(16)22-18(23)11-21-19(14-7-3-1-4-8-14)15-9-5-2-6-10-15/h1-10,16-17,19,21H,11-13H2,(H,22,23)/p+1/t16-,17-/m0/s1. The summed E-state index contributed by atoms with van der Waals surface area (Å²) in [6.07, 6.45) is 0. The molecule has 0 bridgehead atoms. The fourth-order valence-electron chi connectivity index (χ4n) is 3.21. The molecular formula is C19H22ClN2O3S+. The van der Waals surface area contributed by atoms with Crippen molar-refractivity contribution in [3.8, 4) is 0 Å². The molecule has 0 aromatic heterocycles. The number of carbonyl (C=O) groups excluding carboxylic acids is 1. The van der Waals surface area contributed by atoms with Gasteiger partial charge in [0.2, 0.25) is 0 Å². The van der Waals surface area contributed by atoms with Crippen molar-refractivity contribution in [1.82, 2.24) is 5.32 Å². The first-order valence-corrected chi connectivity index (χ1v) is 10.8. The monoisotopic (exact) mass is 393 g/mol. The summed E-state index contributed by atoms with van der Waals surface area (Å²) >= 11 is 6.06. The van der Waals surface area contributed by atoms with Gasteiger partial charge in [-0.25, -0.2) is 8.42 Å². The molecule has 1 saturated heterocycles. The van der Waals surface area contributed by atoms with E-state index in [-0.39, 0.29) is 30.0 Å². The average Bonchev–Trinajstić information content (AvgIpc) is 2.88. The van der Waals surface area contributed by atoms with Crippen molar-refractivity contribution in [2.75, 3.05) is 18.1 Å². The van der Waals surface area contributed by atoms with Crippen molar-refractivity contribution >= 4 is 27.3 Å². The number of nitrogens with one attached hydrogen (secondary N) is 1. The molecule has 0 aliphatic carbocycles. The molecule has 26 heavy (non-hydrogen) atoms. The first-order valence-electron chi connectivity index (χ1n) is 8.52. The molecule has 2 aromatic rings. The number of rotatable bonds is 6. The minimum Gasteiger partial charge on any atom is -0.346 e. The van der Waals surface area contributed by atoms with Crippen LogP contribution < -0.4 is 10.6 Å². The highest BCUT2D eigenvalue weighted by Crippen LogP contribution is 2.19. The molecule has 7 heteroatoms. The minimum atomic E-state index is -3.16. The summed E-state index contributed by atoms with van der Waals surface area (Å²) < 4.78 is 23.3. The second-order valence-electron chi connectivity index (χ2n) is 6.51. The molecular weight excluding hydrogens is 372 g/mol. The molecule has 3 N–H and O–H groups in total. The number of benzene rings is 2. The molecule has 0 spiro atoms. The molecule has 1 fully saturated rings. The zero-order chi connectivity index (χ0) is 18.6. The number of nitrogens with two attached hydrogens (primary N) is 1. The van der Waals surface area contributed by atoms with Crippen LogP contribution in [-0.4, -0.2) is 43.8 Å². The van der Waals surface area contributed by atoms with Crippen LogP contribution in [0, 0.1) is 0 Å². The summed E-state index contributed by atoms with van der Waals surface area (Å²) in [5, 5.41) is 4.15. The molecule has 2 aromatic carbocycles. The Hall–Kier alpha value is -1.89. The maximum atomic E-state index is 12.3. The number of halogens is 1. The predicted octanol–water partition coefficient (Wildman–Crippen LogP) is 0.860. The van der Waals surface area contributed by atoms with E-state index in [1.54, 1.807) is 0 Å². The maximum absolute atomic E-state index is 12.3. The third-order valence-corrected chi connectivity index (χ3v) is 6.86. The Kier molecular flexibility index (Phi) is 5.96. The normalized spacial score (nSPS) is 21.6. The smallest absolute Gasteiger partial charge is 0.275 e. The van der Waals surface area contributed by atoms with Gasteiger partial charge in [-0.1, -0.05) is 60.7 Å². The topological polar surface area (TPSA) is 79.8 Å². The summed E-state index contributed by atoms with van der Waals surface area (Å²) in [6.45, 7) is 0.189. The molecule has 0 saturated carbocycles. The van der Waals surface area contributed by atoms with Gasteiger partial charge in [-0.2, -0.15) is 0 Å². The van der Waals surface area contributed by atoms with Crippen molar-refractivity contribution in [3.63, 3.8) is 0 Å². The number of amides is 1. The lowest BCUT2D eigenvalue weighted by Crippen LogP contribution is -2.88. The number of hydrogen-bond donors (Lipinski definition) is 2. The van der Waals surface area contributed by atoms with Crippen LogP contribution in [0.15, 0.2) is 60.7 Å². The second kappa shape index (κ2) is 8.20. The van der Waals surface area contributed by atoms with E-state index in [0.717, 1.165) is 11.1 Å². The van der Waals surface area contributed by atoms with Crippen LogP contribution in [0.3, 0.4) is 0 Å². The third-order valence-electron chi connectivity index (χ3n) is 4.49. The van der Waals surface area contributed by atoms with Crippen molar-refractivity contribution in [2.24, 2.45) is 0 Å². The number of alkyl halides is 1. The van der Waals surface area contributed by atoms with E-state index in [1.807, 2.05) is 66.0 Å². The first-order chi connectivity index (χ1) is 12.4. The van der Waals surface area contributed by atoms with Gasteiger partial charge in [0.05, 0.1) is 22.9 Å². The van der Waals surface area contributed by atoms with Crippen LogP contribution in [0.5, 0.6) is 0 Å². The van der Waals surface area contributed by atoms with Gasteiger partial charge in [-0.3, -0.25) is 4.79 Å². The molecule has 1 amide bonds. The number of quaternary nitrogens is 1. The number of sulfone groups is 1. The van der Waals surface area contributed by atoms with Gasteiger partial charge in [0, 0.05) is 11.1 Å². The van der Waals surface area contributed by atoms with Crippen LogP contribution >= 0.6 is 11.6 Å². The lowest BCUT2D eigenvalue weighted by atomic mass is 9.99. The Morgan fingerprint density at radius 1 is 1.04 bits per heavy atom. The average molecular weight is 394 g/mol. The van der Waals surface area contributed by atoms with Crippen LogP contribution in [-0.2, 0) is 14.6 Å². The number of hydrogen-bond acceptors (Lipinski definition) is 3. The highest BCUT2D eigenvalue weighted by atomic mass is 35.5. The lowest BCUT2D eigenvalue weighted by Gasteiger charge is -2.18. The zero-order valence-electron chi connectivity index (χ0n) is 14.2. The molecule has 5 nitrogen and oxygen atoms in total. The summed E-state index contributed by atoms with van der Waals surface area (Å²) in [5.41, 5.74) is 2.20. The van der Waals surface area contributed by atoms with E-state index in [0.29, 0.717) is 0 Å². The van der Waals surface area contributed by atoms with E-state index in [1.165, 1.54) is 0 Å². The predicted molar refractivity (Wildman–Crippen MR) is 102 cm³/mol. The van der Waals surface area contributed by atoms with Crippen LogP contribution in [0.4, 0.5) is 0 Å². The molecule has 138 valence electrons. The fraction of sp³-hybridized carbons (Fsp3) is 0.316. The van der Waals surface area contributed by atoms with Gasteiger partial charge < -0.3 is 10.6 Å². The van der Waals surface area contributed by atoms with Gasteiger partial charge in [-0.05, 0) is 0 Å². The third kappa shape index (κ3) is 4.84. The summed E-state index contributed by atoms with van der Waals surface area (Å²) in [6, 6.07) is 19.4. The fourth-order valence-corrected chi connectivity index (χ4v) is 5.76. The second-order valence-corrected chi connectivity index (χ2v) is 9.22. The Bertz CT molecular complexity index is 804. The van der Waals surface area contributed by atoms with E-state index in [9.17, 15) is 13.2 Å². The van der Waals surface area contributed by atoms with Crippen LogP contribution in [0.25, 0.3) is 0 Å². The molecule has 1 heterocycles. The van der Waals surface area contributed by atoms with Crippen molar-refractivity contribution in [2.45, 2.75) is 17.5 Å². The Labute approximate surface area is 158 Å². The van der Waals surface area contributed by atoms with Crippen molar-refractivity contribution in [3.05, 3.63) is 71.8 Å². The zero-order valence-corrected chi connectivity index (χ0v) is 15.8. The first kappa shape index (κ1) is 18.9. The van der Waals surface area contributed by atoms with Gasteiger partial charge in [0.15, 0.2) is 16.4 Å². The Balaban J connectivity index is 1.66. The van der Waals surface area contributed by atoms with Crippen LogP contribution in [0.2, 0.25) is 0 Å². The quantitative estimate of drug-likeness (QED) is 0.714. The lowest BCUT2D eigenvalue weighted by molar-refractivity contribution is -0.676. The molecule has 3 rings (SSSR count). The highest BCUT2D eigenvalue weighted by Gasteiger charge is 2.37. The maximum Gasteiger partial charge on any atom is 0.275 e. The van der Waals surface area contributed by atoms with Gasteiger partial charge >= 0.3 is 0 Å². The van der Waals surface area contributed by atoms with Gasteiger partial charge in [0.25, 0.3) is 5.91 Å². The summed E-state index contributed by atoms with van der Waals surface area (Å²) in [4.78, 5) is 12.3. The van der Waals surface area contributed by atoms with E-state index in [2.05, 4.69) is 5.32 Å². The highest BCUT2D eigenvalue weighted by molar-refractivity contribution is 7.91. The van der Waals surface area contributed by atoms with Gasteiger partial charge in [-0.15, -0.1) is 11.6 Å². The molecule has 2 atom stereocenters. The van der Waals surface area contributed by atoms with Crippen LogP contribution in [0.1, 0.15) is 17.2 Å². The number of carbonyl (C=O) groups is 1. The Morgan fingerprint density at radius 2 is 1.58 bits per heavy atom.